The van der Waals surface area contributed by atoms with Gasteiger partial charge < -0.3 is 9.30 Å². The van der Waals surface area contributed by atoms with Gasteiger partial charge in [0, 0.05) is 44.3 Å². The Hall–Kier alpha value is -2.34. The van der Waals surface area contributed by atoms with Crippen LogP contribution >= 0.6 is 11.9 Å². The number of hydrogen-bond acceptors (Lipinski definition) is 7. The zero-order valence-corrected chi connectivity index (χ0v) is 17.0. The molecule has 1 fully saturated rings. The normalized spacial score (nSPS) is 18.1. The highest BCUT2D eigenvalue weighted by Gasteiger charge is 2.37. The second-order valence-corrected chi connectivity index (χ2v) is 7.92. The maximum atomic E-state index is 12.6. The molecule has 12 heteroatoms. The summed E-state index contributed by atoms with van der Waals surface area (Å²) in [7, 11) is 1.85. The van der Waals surface area contributed by atoms with Gasteiger partial charge in [-0.25, -0.2) is 14.3 Å². The molecule has 0 bridgehead atoms. The fourth-order valence-corrected chi connectivity index (χ4v) is 4.20. The number of alkyl halides is 3. The molecule has 0 aromatic carbocycles. The highest BCUT2D eigenvalue weighted by atomic mass is 32.2. The third kappa shape index (κ3) is 3.90. The predicted octanol–water partition coefficient (Wildman–Crippen LogP) is 3.18. The summed E-state index contributed by atoms with van der Waals surface area (Å²) < 4.78 is 48.6. The fourth-order valence-electron chi connectivity index (χ4n) is 3.47. The molecule has 0 radical (unpaired) electrons. The second-order valence-electron chi connectivity index (χ2n) is 6.76. The summed E-state index contributed by atoms with van der Waals surface area (Å²) in [6.07, 6.45) is 3.23. The number of aryl methyl sites for hydroxylation is 2. The number of nitrogens with zero attached hydrogens (tertiary/aromatic N) is 7. The van der Waals surface area contributed by atoms with Crippen LogP contribution < -0.4 is 4.74 Å². The lowest BCUT2D eigenvalue weighted by Crippen LogP contribution is -2.23. The molecule has 4 rings (SSSR count). The van der Waals surface area contributed by atoms with E-state index in [4.69, 9.17) is 4.74 Å². The van der Waals surface area contributed by atoms with Crippen molar-refractivity contribution in [2.75, 3.05) is 13.1 Å². The molecule has 1 saturated heterocycles. The topological polar surface area (TPSA) is 73.9 Å². The minimum Gasteiger partial charge on any atom is -0.471 e. The smallest absolute Gasteiger partial charge is 0.456 e. The van der Waals surface area contributed by atoms with Crippen molar-refractivity contribution in [2.45, 2.75) is 38.4 Å². The molecule has 156 valence electrons. The molecule has 29 heavy (non-hydrogen) atoms. The highest BCUT2D eigenvalue weighted by Crippen LogP contribution is 2.36. The van der Waals surface area contributed by atoms with Crippen LogP contribution in [0.25, 0.3) is 22.6 Å². The predicted molar refractivity (Wildman–Crippen MR) is 102 cm³/mol. The van der Waals surface area contributed by atoms with Crippen LogP contribution in [-0.4, -0.2) is 58.3 Å². The first-order valence-electron chi connectivity index (χ1n) is 9.14. The van der Waals surface area contributed by atoms with Gasteiger partial charge in [0.05, 0.1) is 11.8 Å². The van der Waals surface area contributed by atoms with E-state index in [9.17, 15) is 13.2 Å². The van der Waals surface area contributed by atoms with Gasteiger partial charge >= 0.3 is 5.51 Å². The van der Waals surface area contributed by atoms with Crippen molar-refractivity contribution >= 4 is 23.1 Å². The largest absolute Gasteiger partial charge is 0.471 e. The van der Waals surface area contributed by atoms with Crippen molar-refractivity contribution in [1.82, 2.24) is 33.6 Å². The fraction of sp³-hybridized carbons (Fsp3) is 0.529. The van der Waals surface area contributed by atoms with Crippen LogP contribution in [0.4, 0.5) is 13.2 Å². The molecule has 1 atom stereocenters. The van der Waals surface area contributed by atoms with Gasteiger partial charge in [-0.1, -0.05) is 0 Å². The van der Waals surface area contributed by atoms with Gasteiger partial charge in [-0.05, 0) is 20.3 Å². The van der Waals surface area contributed by atoms with Gasteiger partial charge in [0.15, 0.2) is 11.2 Å². The highest BCUT2D eigenvalue weighted by molar-refractivity contribution is 7.97. The zero-order chi connectivity index (χ0) is 20.8. The Morgan fingerprint density at radius 1 is 1.31 bits per heavy atom. The molecule has 0 aliphatic carbocycles. The minimum absolute atomic E-state index is 0.116. The minimum atomic E-state index is -4.30. The van der Waals surface area contributed by atoms with E-state index < -0.39 is 11.6 Å². The van der Waals surface area contributed by atoms with E-state index in [1.807, 2.05) is 30.1 Å². The molecule has 4 heterocycles. The maximum Gasteiger partial charge on any atom is 0.456 e. The lowest BCUT2D eigenvalue weighted by Gasteiger charge is -2.16. The number of rotatable bonds is 5. The first-order valence-corrected chi connectivity index (χ1v) is 9.91. The number of hydrogen-bond donors (Lipinski definition) is 0. The van der Waals surface area contributed by atoms with E-state index in [0.717, 1.165) is 17.8 Å². The first-order chi connectivity index (χ1) is 13.8. The molecule has 3 aromatic heterocycles. The van der Waals surface area contributed by atoms with Crippen LogP contribution in [0.2, 0.25) is 0 Å². The Morgan fingerprint density at radius 3 is 2.79 bits per heavy atom. The Kier molecular flexibility index (Phi) is 5.15. The standard InChI is InChI=1S/C17H20F3N7OS/c1-4-27-10(2)12(7-23-27)14-24-13-15(25(14)3)21-9-22-16(13)28-11-5-6-26(8-11)29-17(18,19)20/h7,9,11H,4-6,8H2,1-3H3/t11-/m0/s1. The summed E-state index contributed by atoms with van der Waals surface area (Å²) >= 11 is -0.116. The summed E-state index contributed by atoms with van der Waals surface area (Å²) in [6.45, 7) is 5.19. The third-order valence-corrected chi connectivity index (χ3v) is 5.68. The van der Waals surface area contributed by atoms with Gasteiger partial charge in [0.1, 0.15) is 18.3 Å². The SMILES string of the molecule is CCn1ncc(-c2nc3c(O[C@H]4CCN(SC(F)(F)F)C4)ncnc3n2C)c1C. The van der Waals surface area contributed by atoms with E-state index in [2.05, 4.69) is 20.1 Å². The summed E-state index contributed by atoms with van der Waals surface area (Å²) in [5, 5.41) is 4.36. The number of imidazole rings is 1. The van der Waals surface area contributed by atoms with E-state index >= 15 is 0 Å². The molecule has 3 aromatic rings. The van der Waals surface area contributed by atoms with Gasteiger partial charge in [0.2, 0.25) is 5.88 Å². The van der Waals surface area contributed by atoms with Crippen molar-refractivity contribution in [3.63, 3.8) is 0 Å². The van der Waals surface area contributed by atoms with Crippen LogP contribution in [0.3, 0.4) is 0 Å². The molecule has 0 spiro atoms. The average molecular weight is 427 g/mol. The molecule has 8 nitrogen and oxygen atoms in total. The van der Waals surface area contributed by atoms with E-state index in [-0.39, 0.29) is 24.4 Å². The summed E-state index contributed by atoms with van der Waals surface area (Å²) in [6, 6.07) is 0. The van der Waals surface area contributed by atoms with E-state index in [1.165, 1.54) is 10.6 Å². The Bertz CT molecular complexity index is 1030. The molecular formula is C17H20F3N7OS. The van der Waals surface area contributed by atoms with Gasteiger partial charge in [-0.15, -0.1) is 0 Å². The number of fused-ring (bicyclic) bond motifs is 1. The van der Waals surface area contributed by atoms with Crippen LogP contribution in [0.5, 0.6) is 5.88 Å². The van der Waals surface area contributed by atoms with Crippen molar-refractivity contribution < 1.29 is 17.9 Å². The average Bonchev–Trinajstić information content (AvgIpc) is 3.33. The molecule has 1 aliphatic heterocycles. The molecule has 0 N–H and O–H groups in total. The lowest BCUT2D eigenvalue weighted by atomic mass is 10.2. The van der Waals surface area contributed by atoms with Crippen LogP contribution in [0, 0.1) is 6.92 Å². The first kappa shape index (κ1) is 20.0. The molecule has 0 amide bonds. The van der Waals surface area contributed by atoms with E-state index in [1.54, 1.807) is 6.20 Å². The van der Waals surface area contributed by atoms with Crippen molar-refractivity contribution in [3.05, 3.63) is 18.2 Å². The quantitative estimate of drug-likeness (QED) is 0.579. The molecule has 1 aliphatic rings. The van der Waals surface area contributed by atoms with E-state index in [0.29, 0.717) is 30.0 Å². The summed E-state index contributed by atoms with van der Waals surface area (Å²) in [4.78, 5) is 13.2. The second kappa shape index (κ2) is 7.48. The zero-order valence-electron chi connectivity index (χ0n) is 16.1. The van der Waals surface area contributed by atoms with Gasteiger partial charge in [0.25, 0.3) is 0 Å². The van der Waals surface area contributed by atoms with Gasteiger partial charge in [-0.3, -0.25) is 4.68 Å². The van der Waals surface area contributed by atoms with Crippen molar-refractivity contribution in [3.8, 4) is 17.3 Å². The molecule has 0 saturated carbocycles. The summed E-state index contributed by atoms with van der Waals surface area (Å²) in [5.74, 6) is 0.962. The monoisotopic (exact) mass is 427 g/mol. The van der Waals surface area contributed by atoms with Crippen molar-refractivity contribution in [2.24, 2.45) is 7.05 Å². The number of ether oxygens (including phenoxy) is 1. The number of halogens is 3. The Morgan fingerprint density at radius 2 is 2.10 bits per heavy atom. The van der Waals surface area contributed by atoms with Gasteiger partial charge in [-0.2, -0.15) is 23.3 Å². The third-order valence-electron chi connectivity index (χ3n) is 4.88. The summed E-state index contributed by atoms with van der Waals surface area (Å²) in [5.41, 5.74) is -1.36. The van der Waals surface area contributed by atoms with Crippen LogP contribution in [0.1, 0.15) is 19.0 Å². The number of aromatic nitrogens is 6. The Balaban J connectivity index is 1.61. The maximum absolute atomic E-state index is 12.6. The molecular weight excluding hydrogens is 407 g/mol. The lowest BCUT2D eigenvalue weighted by molar-refractivity contribution is -0.0359. The van der Waals surface area contributed by atoms with Crippen molar-refractivity contribution in [1.29, 1.82) is 0 Å². The Labute approximate surface area is 169 Å². The van der Waals surface area contributed by atoms with Crippen LogP contribution in [-0.2, 0) is 13.6 Å². The van der Waals surface area contributed by atoms with Crippen LogP contribution in [0.15, 0.2) is 12.5 Å². The molecule has 0 unspecified atom stereocenters.